The van der Waals surface area contributed by atoms with Gasteiger partial charge in [-0.2, -0.15) is 0 Å². The molecule has 0 N–H and O–H groups in total. The molecule has 284 valence electrons. The van der Waals surface area contributed by atoms with Crippen molar-refractivity contribution in [2.75, 3.05) is 4.90 Å². The number of rotatable bonds is 7. The molecule has 8 aromatic rings. The van der Waals surface area contributed by atoms with Gasteiger partial charge in [0.15, 0.2) is 0 Å². The van der Waals surface area contributed by atoms with Crippen LogP contribution in [0.1, 0.15) is 54.7 Å². The summed E-state index contributed by atoms with van der Waals surface area (Å²) in [5, 5.41) is 1.35. The van der Waals surface area contributed by atoms with Gasteiger partial charge in [-0.3, -0.25) is 0 Å². The molecule has 0 saturated carbocycles. The normalized spacial score (nSPS) is 14.9. The summed E-state index contributed by atoms with van der Waals surface area (Å²) in [7, 11) is 0. The first-order valence-corrected chi connectivity index (χ1v) is 21.9. The maximum atomic E-state index is 2.53. The molecule has 2 heteroatoms. The summed E-state index contributed by atoms with van der Waals surface area (Å²) in [6.07, 6.45) is 13.8. The van der Waals surface area contributed by atoms with Crippen molar-refractivity contribution in [2.45, 2.75) is 44.9 Å². The first kappa shape index (κ1) is 35.7. The van der Waals surface area contributed by atoms with Crippen LogP contribution in [0.5, 0.6) is 0 Å². The Labute approximate surface area is 352 Å². The molecule has 7 aromatic carbocycles. The molecular formula is C57H45NS. The highest BCUT2D eigenvalue weighted by molar-refractivity contribution is 7.20. The van der Waals surface area contributed by atoms with Gasteiger partial charge in [-0.15, -0.1) is 11.3 Å². The van der Waals surface area contributed by atoms with Crippen molar-refractivity contribution in [1.29, 1.82) is 0 Å². The molecule has 1 aromatic heterocycles. The third-order valence-corrected chi connectivity index (χ3v) is 14.1. The number of benzene rings is 7. The number of allylic oxidation sites excluding steroid dienone is 5. The van der Waals surface area contributed by atoms with Gasteiger partial charge in [-0.25, -0.2) is 0 Å². The van der Waals surface area contributed by atoms with Gasteiger partial charge in [0.1, 0.15) is 0 Å². The Balaban J connectivity index is 1.12. The summed E-state index contributed by atoms with van der Waals surface area (Å²) in [6.45, 7) is 4.82. The van der Waals surface area contributed by atoms with Gasteiger partial charge in [0.2, 0.25) is 0 Å². The first-order chi connectivity index (χ1) is 29.0. The molecule has 3 aliphatic carbocycles. The highest BCUT2D eigenvalue weighted by Gasteiger charge is 2.38. The highest BCUT2D eigenvalue weighted by atomic mass is 32.1. The van der Waals surface area contributed by atoms with Crippen molar-refractivity contribution < 1.29 is 0 Å². The maximum Gasteiger partial charge on any atom is 0.0554 e. The monoisotopic (exact) mass is 775 g/mol. The Kier molecular flexibility index (Phi) is 8.71. The second kappa shape index (κ2) is 14.4. The fraction of sp³-hybridized carbons (Fsp3) is 0.123. The molecule has 0 radical (unpaired) electrons. The zero-order chi connectivity index (χ0) is 39.5. The number of hydrogen-bond donors (Lipinski definition) is 0. The second-order valence-corrected chi connectivity index (χ2v) is 17.7. The number of fused-ring (bicyclic) bond motifs is 5. The Morgan fingerprint density at radius 2 is 1.10 bits per heavy atom. The minimum atomic E-state index is -0.0759. The summed E-state index contributed by atoms with van der Waals surface area (Å²) in [5.41, 5.74) is 20.5. The topological polar surface area (TPSA) is 3.24 Å². The van der Waals surface area contributed by atoms with Crippen LogP contribution in [0, 0.1) is 0 Å². The van der Waals surface area contributed by atoms with Crippen molar-refractivity contribution in [3.05, 3.63) is 209 Å². The Morgan fingerprint density at radius 3 is 1.85 bits per heavy atom. The van der Waals surface area contributed by atoms with E-state index in [1.54, 1.807) is 0 Å². The second-order valence-electron chi connectivity index (χ2n) is 16.6. The summed E-state index contributed by atoms with van der Waals surface area (Å²) in [4.78, 5) is 4.02. The number of nitrogens with zero attached hydrogens (tertiary/aromatic N) is 1. The SMILES string of the molecule is CC1(C)C2=C(CCC=C2)c2ccc(N(c3ccc(-c4ccccc4-c4ccccc4)cc3)c3ccc4c5c(sc4c3-c3ccc(-c4ccccc4)cc3)CCC=C5)cc21. The molecule has 0 fully saturated rings. The van der Waals surface area contributed by atoms with Crippen LogP contribution < -0.4 is 4.90 Å². The number of hydrogen-bond acceptors (Lipinski definition) is 2. The number of aryl methyl sites for hydroxylation is 1. The molecule has 59 heavy (non-hydrogen) atoms. The average Bonchev–Trinajstić information content (AvgIpc) is 3.79. The van der Waals surface area contributed by atoms with Crippen LogP contribution in [0.15, 0.2) is 188 Å². The zero-order valence-electron chi connectivity index (χ0n) is 33.6. The Bertz CT molecular complexity index is 2980. The van der Waals surface area contributed by atoms with Crippen LogP contribution in [0.3, 0.4) is 0 Å². The highest BCUT2D eigenvalue weighted by Crippen LogP contribution is 2.53. The lowest BCUT2D eigenvalue weighted by atomic mass is 9.80. The molecule has 0 aliphatic heterocycles. The summed E-state index contributed by atoms with van der Waals surface area (Å²) >= 11 is 1.98. The Morgan fingerprint density at radius 1 is 0.508 bits per heavy atom. The fourth-order valence-corrected chi connectivity index (χ4v) is 11.2. The van der Waals surface area contributed by atoms with Gasteiger partial charge in [-0.05, 0) is 123 Å². The summed E-state index contributed by atoms with van der Waals surface area (Å²) in [6, 6.07) is 60.8. The van der Waals surface area contributed by atoms with E-state index in [0.717, 1.165) is 31.4 Å². The molecule has 11 rings (SSSR count). The lowest BCUT2D eigenvalue weighted by Crippen LogP contribution is -2.18. The van der Waals surface area contributed by atoms with E-state index in [4.69, 9.17) is 0 Å². The van der Waals surface area contributed by atoms with Gasteiger partial charge >= 0.3 is 0 Å². The standard InChI is InChI=1S/C57H45NS/c1-57(2)51-23-13-11-21-47(51)48-34-33-44(37-52(48)57)58(43-31-29-41(30-32-43)46-20-10-9-19-45(46)40-17-7-4-8-18-40)53-36-35-50-49-22-12-14-24-54(49)59-56(50)55(53)42-27-25-39(26-28-42)38-15-5-3-6-16-38/h3-10,12-13,15-20,22-23,25-37H,11,14,21,24H2,1-2H3. The number of anilines is 3. The molecule has 3 aliphatic rings. The average molecular weight is 776 g/mol. The van der Waals surface area contributed by atoms with E-state index in [0.29, 0.717) is 0 Å². The smallest absolute Gasteiger partial charge is 0.0554 e. The molecule has 0 unspecified atom stereocenters. The van der Waals surface area contributed by atoms with Crippen LogP contribution in [-0.4, -0.2) is 0 Å². The predicted molar refractivity (Wildman–Crippen MR) is 254 cm³/mol. The predicted octanol–water partition coefficient (Wildman–Crippen LogP) is 16.4. The van der Waals surface area contributed by atoms with Crippen LogP contribution in [0.2, 0.25) is 0 Å². The van der Waals surface area contributed by atoms with Crippen LogP contribution in [0.4, 0.5) is 17.1 Å². The Hall–Kier alpha value is -6.48. The van der Waals surface area contributed by atoms with Crippen molar-refractivity contribution in [3.8, 4) is 44.5 Å². The van der Waals surface area contributed by atoms with E-state index in [1.807, 2.05) is 11.3 Å². The van der Waals surface area contributed by atoms with Gasteiger partial charge in [0, 0.05) is 37.3 Å². The van der Waals surface area contributed by atoms with Crippen LogP contribution in [0.25, 0.3) is 66.2 Å². The van der Waals surface area contributed by atoms with E-state index < -0.39 is 0 Å². The van der Waals surface area contributed by atoms with Crippen molar-refractivity contribution in [2.24, 2.45) is 0 Å². The minimum Gasteiger partial charge on any atom is -0.310 e. The van der Waals surface area contributed by atoms with Gasteiger partial charge < -0.3 is 4.90 Å². The van der Waals surface area contributed by atoms with Gasteiger partial charge in [0.25, 0.3) is 0 Å². The minimum absolute atomic E-state index is 0.0759. The van der Waals surface area contributed by atoms with Crippen LogP contribution in [-0.2, 0) is 11.8 Å². The van der Waals surface area contributed by atoms with E-state index in [1.165, 1.54) is 98.7 Å². The molecule has 0 bridgehead atoms. The maximum absolute atomic E-state index is 2.53. The molecule has 0 atom stereocenters. The first-order valence-electron chi connectivity index (χ1n) is 21.0. The van der Waals surface area contributed by atoms with E-state index in [-0.39, 0.29) is 5.41 Å². The van der Waals surface area contributed by atoms with Crippen molar-refractivity contribution in [1.82, 2.24) is 0 Å². The fourth-order valence-electron chi connectivity index (χ4n) is 9.88. The molecule has 0 amide bonds. The lowest BCUT2D eigenvalue weighted by molar-refractivity contribution is 0.651. The van der Waals surface area contributed by atoms with Gasteiger partial charge in [-0.1, -0.05) is 172 Å². The van der Waals surface area contributed by atoms with E-state index >= 15 is 0 Å². The molecule has 1 nitrogen and oxygen atoms in total. The molecular weight excluding hydrogens is 731 g/mol. The van der Waals surface area contributed by atoms with Crippen molar-refractivity contribution in [3.63, 3.8) is 0 Å². The van der Waals surface area contributed by atoms with Gasteiger partial charge in [0.05, 0.1) is 5.69 Å². The lowest BCUT2D eigenvalue weighted by Gasteiger charge is -2.30. The molecule has 0 saturated heterocycles. The van der Waals surface area contributed by atoms with Crippen molar-refractivity contribution >= 4 is 50.1 Å². The van der Waals surface area contributed by atoms with Crippen LogP contribution >= 0.6 is 11.3 Å². The number of thiophene rings is 1. The van der Waals surface area contributed by atoms with E-state index in [9.17, 15) is 0 Å². The quantitative estimate of drug-likeness (QED) is 0.156. The third-order valence-electron chi connectivity index (χ3n) is 12.8. The third kappa shape index (κ3) is 6.05. The summed E-state index contributed by atoms with van der Waals surface area (Å²) < 4.78 is 1.36. The molecule has 1 heterocycles. The summed E-state index contributed by atoms with van der Waals surface area (Å²) in [5.74, 6) is 0. The zero-order valence-corrected chi connectivity index (χ0v) is 34.4. The van der Waals surface area contributed by atoms with E-state index in [2.05, 4.69) is 207 Å². The molecule has 0 spiro atoms. The largest absolute Gasteiger partial charge is 0.310 e.